The van der Waals surface area contributed by atoms with Crippen molar-refractivity contribution in [1.29, 1.82) is 0 Å². The molecule has 0 aliphatic carbocycles. The lowest BCUT2D eigenvalue weighted by Gasteiger charge is -2.10. The summed E-state index contributed by atoms with van der Waals surface area (Å²) in [5.41, 5.74) is 6.69. The van der Waals surface area contributed by atoms with Gasteiger partial charge < -0.3 is 0 Å². The van der Waals surface area contributed by atoms with Gasteiger partial charge in [-0.3, -0.25) is 5.73 Å². The van der Waals surface area contributed by atoms with Gasteiger partial charge in [0.05, 0.1) is 0 Å². The van der Waals surface area contributed by atoms with E-state index in [1.807, 2.05) is 5.43 Å². The number of nitrogens with zero attached hydrogens (tertiary/aromatic N) is 1. The van der Waals surface area contributed by atoms with Crippen molar-refractivity contribution in [2.75, 3.05) is 7.05 Å². The van der Waals surface area contributed by atoms with Crippen LogP contribution in [0.25, 0.3) is 0 Å². The molecule has 0 amide bonds. The van der Waals surface area contributed by atoms with Crippen LogP contribution in [0, 0.1) is 0 Å². The van der Waals surface area contributed by atoms with Crippen LogP contribution in [0.5, 0.6) is 0 Å². The first kappa shape index (κ1) is 6.79. The van der Waals surface area contributed by atoms with E-state index in [0.29, 0.717) is 0 Å². The van der Waals surface area contributed by atoms with Crippen LogP contribution < -0.4 is 11.2 Å². The molecule has 1 saturated heterocycles. The zero-order valence-corrected chi connectivity index (χ0v) is 4.66. The van der Waals surface area contributed by atoms with Gasteiger partial charge in [-0.1, -0.05) is 0 Å². The van der Waals surface area contributed by atoms with Crippen molar-refractivity contribution in [3.05, 3.63) is 0 Å². The summed E-state index contributed by atoms with van der Waals surface area (Å²) >= 11 is 0. The lowest BCUT2D eigenvalue weighted by molar-refractivity contribution is -0.169. The molecule has 1 aliphatic rings. The molecule has 1 heterocycles. The Hall–Kier alpha value is -0.330. The van der Waals surface area contributed by atoms with E-state index < -0.39 is 12.0 Å². The van der Waals surface area contributed by atoms with Gasteiger partial charge >= 0.3 is 6.18 Å². The monoisotopic (exact) mass is 141 g/mol. The lowest BCUT2D eigenvalue weighted by atomic mass is 10.4. The molecule has 9 heavy (non-hydrogen) atoms. The van der Waals surface area contributed by atoms with Gasteiger partial charge in [0.15, 0.2) is 0 Å². The third kappa shape index (κ3) is 0.790. The fourth-order valence-electron chi connectivity index (χ4n) is 0.484. The van der Waals surface area contributed by atoms with Crippen molar-refractivity contribution in [3.8, 4) is 0 Å². The number of hydrogen-bond acceptors (Lipinski definition) is 3. The third-order valence-corrected chi connectivity index (χ3v) is 1.25. The van der Waals surface area contributed by atoms with Crippen LogP contribution in [0.2, 0.25) is 0 Å². The first-order valence-corrected chi connectivity index (χ1v) is 2.25. The summed E-state index contributed by atoms with van der Waals surface area (Å²) < 4.78 is 34.9. The standard InChI is InChI=1S/C3H6F3N3/c1-9-3(7,8-9)2(4,5)6/h8H,7H2,1H3. The van der Waals surface area contributed by atoms with Crippen molar-refractivity contribution >= 4 is 0 Å². The Morgan fingerprint density at radius 2 is 1.89 bits per heavy atom. The molecule has 2 atom stereocenters. The van der Waals surface area contributed by atoms with Crippen LogP contribution in [-0.4, -0.2) is 24.0 Å². The van der Waals surface area contributed by atoms with Gasteiger partial charge in [0.2, 0.25) is 5.79 Å². The van der Waals surface area contributed by atoms with E-state index in [0.717, 1.165) is 5.01 Å². The van der Waals surface area contributed by atoms with Crippen LogP contribution in [0.4, 0.5) is 13.2 Å². The summed E-state index contributed by atoms with van der Waals surface area (Å²) in [6.45, 7) is 0. The van der Waals surface area contributed by atoms with E-state index in [9.17, 15) is 13.2 Å². The summed E-state index contributed by atoms with van der Waals surface area (Å²) in [4.78, 5) is 0. The molecular weight excluding hydrogens is 135 g/mol. The molecule has 2 unspecified atom stereocenters. The number of nitrogens with two attached hydrogens (primary N) is 1. The van der Waals surface area contributed by atoms with Crippen LogP contribution in [0.3, 0.4) is 0 Å². The number of hydrogen-bond donors (Lipinski definition) is 2. The highest BCUT2D eigenvalue weighted by Gasteiger charge is 2.66. The average molecular weight is 141 g/mol. The topological polar surface area (TPSA) is 51.0 Å². The molecule has 0 bridgehead atoms. The second-order valence-electron chi connectivity index (χ2n) is 1.93. The predicted molar refractivity (Wildman–Crippen MR) is 23.9 cm³/mol. The third-order valence-electron chi connectivity index (χ3n) is 1.25. The Morgan fingerprint density at radius 3 is 1.89 bits per heavy atom. The second-order valence-corrected chi connectivity index (χ2v) is 1.93. The van der Waals surface area contributed by atoms with Gasteiger partial charge in [-0.25, -0.2) is 10.4 Å². The molecule has 0 aromatic rings. The van der Waals surface area contributed by atoms with Gasteiger partial charge in [0.1, 0.15) is 0 Å². The molecule has 0 spiro atoms. The zero-order valence-electron chi connectivity index (χ0n) is 4.66. The molecule has 0 saturated carbocycles. The van der Waals surface area contributed by atoms with E-state index in [1.165, 1.54) is 7.05 Å². The Labute approximate surface area is 49.6 Å². The van der Waals surface area contributed by atoms with Crippen molar-refractivity contribution in [3.63, 3.8) is 0 Å². The van der Waals surface area contributed by atoms with E-state index in [1.54, 1.807) is 0 Å². The van der Waals surface area contributed by atoms with Crippen molar-refractivity contribution in [1.82, 2.24) is 10.4 Å². The van der Waals surface area contributed by atoms with E-state index in [2.05, 4.69) is 0 Å². The summed E-state index contributed by atoms with van der Waals surface area (Å²) in [6, 6.07) is 0. The average Bonchev–Trinajstić information content (AvgIpc) is 2.13. The highest BCUT2D eigenvalue weighted by atomic mass is 19.4. The Morgan fingerprint density at radius 1 is 1.56 bits per heavy atom. The van der Waals surface area contributed by atoms with E-state index >= 15 is 0 Å². The van der Waals surface area contributed by atoms with Gasteiger partial charge in [0.25, 0.3) is 0 Å². The van der Waals surface area contributed by atoms with E-state index in [4.69, 9.17) is 5.73 Å². The Kier molecular flexibility index (Phi) is 1.05. The minimum Gasteiger partial charge on any atom is -0.291 e. The maximum absolute atomic E-state index is 11.6. The molecule has 0 radical (unpaired) electrons. The molecule has 1 rings (SSSR count). The number of rotatable bonds is 0. The van der Waals surface area contributed by atoms with Gasteiger partial charge in [-0.15, -0.1) is 0 Å². The number of alkyl halides is 3. The summed E-state index contributed by atoms with van der Waals surface area (Å²) in [6.07, 6.45) is -4.39. The zero-order chi connectivity index (χ0) is 7.28. The van der Waals surface area contributed by atoms with Gasteiger partial charge in [-0.2, -0.15) is 13.2 Å². The second kappa shape index (κ2) is 1.39. The lowest BCUT2D eigenvalue weighted by Crippen LogP contribution is -2.46. The minimum atomic E-state index is -4.39. The molecule has 0 aromatic heterocycles. The summed E-state index contributed by atoms with van der Waals surface area (Å²) in [7, 11) is 1.23. The van der Waals surface area contributed by atoms with E-state index in [-0.39, 0.29) is 0 Å². The predicted octanol–water partition coefficient (Wildman–Crippen LogP) is -0.389. The van der Waals surface area contributed by atoms with Gasteiger partial charge in [-0.05, 0) is 0 Å². The fourth-order valence-corrected chi connectivity index (χ4v) is 0.484. The minimum absolute atomic E-state index is 0.799. The highest BCUT2D eigenvalue weighted by Crippen LogP contribution is 2.35. The largest absolute Gasteiger partial charge is 0.436 e. The number of halogens is 3. The first-order valence-electron chi connectivity index (χ1n) is 2.25. The van der Waals surface area contributed by atoms with Crippen LogP contribution >= 0.6 is 0 Å². The van der Waals surface area contributed by atoms with Crippen molar-refractivity contribution in [2.24, 2.45) is 5.73 Å². The van der Waals surface area contributed by atoms with Crippen molar-refractivity contribution in [2.45, 2.75) is 12.0 Å². The van der Waals surface area contributed by atoms with Crippen molar-refractivity contribution < 1.29 is 13.2 Å². The molecule has 0 aromatic carbocycles. The molecule has 6 heteroatoms. The quantitative estimate of drug-likeness (QED) is 0.452. The smallest absolute Gasteiger partial charge is 0.291 e. The summed E-state index contributed by atoms with van der Waals surface area (Å²) in [5.74, 6) is -2.27. The Bertz CT molecular complexity index is 133. The summed E-state index contributed by atoms with van der Waals surface area (Å²) in [5, 5.41) is 0.799. The molecular formula is C3H6F3N3. The molecule has 3 N–H and O–H groups in total. The maximum atomic E-state index is 11.6. The normalized spacial score (nSPS) is 43.0. The number of hydrazine groups is 1. The molecule has 54 valence electrons. The van der Waals surface area contributed by atoms with Crippen LogP contribution in [0.15, 0.2) is 0 Å². The molecule has 3 nitrogen and oxygen atoms in total. The SMILES string of the molecule is CN1NC1(N)C(F)(F)F. The molecule has 1 aliphatic heterocycles. The first-order chi connectivity index (χ1) is 3.88. The van der Waals surface area contributed by atoms with Crippen LogP contribution in [-0.2, 0) is 0 Å². The maximum Gasteiger partial charge on any atom is 0.436 e. The highest BCUT2D eigenvalue weighted by molar-refractivity contribution is 4.96. The fraction of sp³-hybridized carbons (Fsp3) is 1.00. The number of nitrogens with one attached hydrogen (secondary N) is 1. The van der Waals surface area contributed by atoms with Gasteiger partial charge in [0, 0.05) is 7.05 Å². The van der Waals surface area contributed by atoms with Crippen LogP contribution in [0.1, 0.15) is 0 Å². The Balaban J connectivity index is 2.64. The molecule has 1 fully saturated rings.